The maximum Gasteiger partial charge on any atom is 0.175 e. The first-order chi connectivity index (χ1) is 9.94. The van der Waals surface area contributed by atoms with Crippen LogP contribution in [0.1, 0.15) is 18.4 Å². The van der Waals surface area contributed by atoms with Gasteiger partial charge in [0.2, 0.25) is 0 Å². The molecule has 21 heavy (non-hydrogen) atoms. The van der Waals surface area contributed by atoms with Crippen molar-refractivity contribution in [3.63, 3.8) is 0 Å². The summed E-state index contributed by atoms with van der Waals surface area (Å²) in [7, 11) is -3.23. The molecule has 106 valence electrons. The van der Waals surface area contributed by atoms with Gasteiger partial charge in [-0.15, -0.1) is 0 Å². The number of nitrogens with zero attached hydrogens (tertiary/aromatic N) is 2. The molecule has 0 N–H and O–H groups in total. The van der Waals surface area contributed by atoms with Crippen molar-refractivity contribution < 1.29 is 8.42 Å². The van der Waals surface area contributed by atoms with E-state index in [1.165, 1.54) is 6.26 Å². The molecule has 4 nitrogen and oxygen atoms in total. The van der Waals surface area contributed by atoms with Crippen LogP contribution in [0.4, 0.5) is 0 Å². The van der Waals surface area contributed by atoms with E-state index in [0.717, 1.165) is 24.0 Å². The van der Waals surface area contributed by atoms with Crippen LogP contribution < -0.4 is 0 Å². The zero-order chi connectivity index (χ0) is 15.1. The molecule has 0 aliphatic heterocycles. The van der Waals surface area contributed by atoms with Crippen LogP contribution in [-0.4, -0.2) is 19.7 Å². The Bertz CT molecular complexity index is 829. The van der Waals surface area contributed by atoms with Gasteiger partial charge >= 0.3 is 0 Å². The third-order valence-corrected chi connectivity index (χ3v) is 4.95. The smallest absolute Gasteiger partial charge is 0.175 e. The number of rotatable bonds is 3. The topological polar surface area (TPSA) is 70.8 Å². The fourth-order valence-electron chi connectivity index (χ4n) is 2.32. The van der Waals surface area contributed by atoms with E-state index in [1.54, 1.807) is 24.4 Å². The predicted octanol–water partition coefficient (Wildman–Crippen LogP) is 2.71. The number of hydrogen-bond donors (Lipinski definition) is 0. The highest BCUT2D eigenvalue weighted by atomic mass is 32.2. The Morgan fingerprint density at radius 2 is 2.00 bits per heavy atom. The molecule has 1 aliphatic rings. The van der Waals surface area contributed by atoms with Crippen LogP contribution in [0, 0.1) is 11.3 Å². The van der Waals surface area contributed by atoms with Crippen molar-refractivity contribution >= 4 is 9.84 Å². The van der Waals surface area contributed by atoms with Crippen molar-refractivity contribution in [3.8, 4) is 17.3 Å². The van der Waals surface area contributed by atoms with Crippen LogP contribution in [-0.2, 0) is 15.3 Å². The summed E-state index contributed by atoms with van der Waals surface area (Å²) in [5.41, 5.74) is 2.05. The standard InChI is InChI=1S/C16H14N2O2S/c1-21(19,20)14-4-2-3-12(9-14)15-6-5-13(10-18-15)16(11-17)7-8-16/h2-6,9-10H,7-8H2,1H3. The molecule has 2 aromatic rings. The highest BCUT2D eigenvalue weighted by Gasteiger charge is 2.45. The number of benzene rings is 1. The minimum absolute atomic E-state index is 0.279. The van der Waals surface area contributed by atoms with E-state index < -0.39 is 9.84 Å². The van der Waals surface area contributed by atoms with E-state index in [4.69, 9.17) is 0 Å². The lowest BCUT2D eigenvalue weighted by atomic mass is 9.99. The van der Waals surface area contributed by atoms with Crippen molar-refractivity contribution in [1.29, 1.82) is 5.26 Å². The third kappa shape index (κ3) is 2.55. The predicted molar refractivity (Wildman–Crippen MR) is 79.3 cm³/mol. The Labute approximate surface area is 124 Å². The van der Waals surface area contributed by atoms with E-state index in [1.807, 2.05) is 18.2 Å². The van der Waals surface area contributed by atoms with E-state index in [2.05, 4.69) is 11.1 Å². The molecule has 1 aromatic carbocycles. The third-order valence-electron chi connectivity index (χ3n) is 3.84. The summed E-state index contributed by atoms with van der Waals surface area (Å²) in [6, 6.07) is 12.8. The van der Waals surface area contributed by atoms with Crippen LogP contribution in [0.15, 0.2) is 47.5 Å². The van der Waals surface area contributed by atoms with E-state index >= 15 is 0 Å². The molecule has 5 heteroatoms. The lowest BCUT2D eigenvalue weighted by Crippen LogP contribution is -2.03. The molecule has 1 aromatic heterocycles. The van der Waals surface area contributed by atoms with E-state index in [9.17, 15) is 13.7 Å². The van der Waals surface area contributed by atoms with Gasteiger partial charge in [0.1, 0.15) is 0 Å². The average Bonchev–Trinajstić information content (AvgIpc) is 3.28. The van der Waals surface area contributed by atoms with Crippen LogP contribution in [0.2, 0.25) is 0 Å². The molecule has 1 aliphatic carbocycles. The largest absolute Gasteiger partial charge is 0.256 e. The van der Waals surface area contributed by atoms with Crippen LogP contribution >= 0.6 is 0 Å². The first-order valence-electron chi connectivity index (χ1n) is 6.63. The second-order valence-corrected chi connectivity index (χ2v) is 7.44. The van der Waals surface area contributed by atoms with Gasteiger partial charge in [0.25, 0.3) is 0 Å². The number of nitriles is 1. The molecule has 1 saturated carbocycles. The summed E-state index contributed by atoms with van der Waals surface area (Å²) in [6.45, 7) is 0. The monoisotopic (exact) mass is 298 g/mol. The van der Waals surface area contributed by atoms with Gasteiger partial charge in [-0.3, -0.25) is 4.98 Å². The average molecular weight is 298 g/mol. The summed E-state index contributed by atoms with van der Waals surface area (Å²) >= 11 is 0. The summed E-state index contributed by atoms with van der Waals surface area (Å²) in [5, 5.41) is 9.18. The minimum atomic E-state index is -3.23. The molecule has 0 bridgehead atoms. The first kappa shape index (κ1) is 13.8. The minimum Gasteiger partial charge on any atom is -0.256 e. The fraction of sp³-hybridized carbons (Fsp3) is 0.250. The molecule has 0 radical (unpaired) electrons. The maximum absolute atomic E-state index is 11.6. The van der Waals surface area contributed by atoms with Crippen LogP contribution in [0.5, 0.6) is 0 Å². The van der Waals surface area contributed by atoms with E-state index in [0.29, 0.717) is 5.69 Å². The van der Waals surface area contributed by atoms with Crippen LogP contribution in [0.3, 0.4) is 0 Å². The molecule has 0 amide bonds. The molecule has 0 spiro atoms. The Kier molecular flexibility index (Phi) is 3.07. The first-order valence-corrected chi connectivity index (χ1v) is 8.52. The SMILES string of the molecule is CS(=O)(=O)c1cccc(-c2ccc(C3(C#N)CC3)cn2)c1. The lowest BCUT2D eigenvalue weighted by Gasteiger charge is -2.07. The quantitative estimate of drug-likeness (QED) is 0.873. The van der Waals surface area contributed by atoms with Gasteiger partial charge in [-0.05, 0) is 36.6 Å². The highest BCUT2D eigenvalue weighted by molar-refractivity contribution is 7.90. The van der Waals surface area contributed by atoms with Gasteiger partial charge < -0.3 is 0 Å². The molecule has 0 unspecified atom stereocenters. The number of aromatic nitrogens is 1. The molecule has 3 rings (SSSR count). The fourth-order valence-corrected chi connectivity index (χ4v) is 2.99. The zero-order valence-corrected chi connectivity index (χ0v) is 12.4. The number of pyridine rings is 1. The van der Waals surface area contributed by atoms with Crippen molar-refractivity contribution in [3.05, 3.63) is 48.2 Å². The molecular weight excluding hydrogens is 284 g/mol. The molecule has 0 atom stereocenters. The molecule has 1 heterocycles. The second kappa shape index (κ2) is 4.68. The zero-order valence-electron chi connectivity index (χ0n) is 11.6. The van der Waals surface area contributed by atoms with Crippen molar-refractivity contribution in [2.75, 3.05) is 6.26 Å². The van der Waals surface area contributed by atoms with Gasteiger partial charge in [-0.25, -0.2) is 8.42 Å². The van der Waals surface area contributed by atoms with Gasteiger partial charge in [-0.2, -0.15) is 5.26 Å². The highest BCUT2D eigenvalue weighted by Crippen LogP contribution is 2.47. The Balaban J connectivity index is 1.97. The second-order valence-electron chi connectivity index (χ2n) is 5.43. The summed E-state index contributed by atoms with van der Waals surface area (Å²) < 4.78 is 23.2. The molecule has 1 fully saturated rings. The Hall–Kier alpha value is -2.19. The van der Waals surface area contributed by atoms with Gasteiger partial charge in [0.15, 0.2) is 9.84 Å². The number of sulfone groups is 1. The summed E-state index contributed by atoms with van der Waals surface area (Å²) in [4.78, 5) is 4.66. The van der Waals surface area contributed by atoms with Gasteiger partial charge in [0, 0.05) is 18.0 Å². The molecular formula is C16H14N2O2S. The Morgan fingerprint density at radius 1 is 1.24 bits per heavy atom. The van der Waals surface area contributed by atoms with E-state index in [-0.39, 0.29) is 10.3 Å². The molecule has 0 saturated heterocycles. The summed E-state index contributed by atoms with van der Waals surface area (Å²) in [5.74, 6) is 0. The maximum atomic E-state index is 11.6. The van der Waals surface area contributed by atoms with Crippen molar-refractivity contribution in [2.24, 2.45) is 0 Å². The lowest BCUT2D eigenvalue weighted by molar-refractivity contribution is 0.602. The van der Waals surface area contributed by atoms with Crippen molar-refractivity contribution in [1.82, 2.24) is 4.98 Å². The van der Waals surface area contributed by atoms with Crippen molar-refractivity contribution in [2.45, 2.75) is 23.2 Å². The normalized spacial score (nSPS) is 16.2. The Morgan fingerprint density at radius 3 is 2.52 bits per heavy atom. The summed E-state index contributed by atoms with van der Waals surface area (Å²) in [6.07, 6.45) is 4.67. The van der Waals surface area contributed by atoms with Gasteiger partial charge in [-0.1, -0.05) is 18.2 Å². The number of hydrogen-bond acceptors (Lipinski definition) is 4. The van der Waals surface area contributed by atoms with Crippen LogP contribution in [0.25, 0.3) is 11.3 Å². The van der Waals surface area contributed by atoms with Gasteiger partial charge in [0.05, 0.1) is 22.1 Å².